The molecule has 2 unspecified atom stereocenters. The highest BCUT2D eigenvalue weighted by atomic mass is 32.2. The van der Waals surface area contributed by atoms with Gasteiger partial charge in [0.1, 0.15) is 11.4 Å². The second kappa shape index (κ2) is 29.0. The van der Waals surface area contributed by atoms with E-state index in [1.54, 1.807) is 65.3 Å². The largest absolute Gasteiger partial charge is 0.329 e. The molecule has 2 atom stereocenters. The van der Waals surface area contributed by atoms with Crippen LogP contribution in [0.5, 0.6) is 0 Å². The van der Waals surface area contributed by atoms with Gasteiger partial charge in [-0.1, -0.05) is 72.8 Å². The summed E-state index contributed by atoms with van der Waals surface area (Å²) in [5.41, 5.74) is 26.0. The van der Waals surface area contributed by atoms with Crippen molar-refractivity contribution in [3.05, 3.63) is 220 Å². The molecule has 21 nitrogen and oxygen atoms in total. The lowest BCUT2D eigenvalue weighted by molar-refractivity contribution is 0.101. The molecule has 2 saturated carbocycles. The Morgan fingerprint density at radius 1 is 0.565 bits per heavy atom. The zero-order chi connectivity index (χ0) is 60.7. The summed E-state index contributed by atoms with van der Waals surface area (Å²) in [5.74, 6) is 0.649. The van der Waals surface area contributed by atoms with Crippen LogP contribution in [0.3, 0.4) is 0 Å². The fraction of sp³-hybridized carbons (Fsp3) is 0.274. The number of carbonyl (C=O) groups is 2. The van der Waals surface area contributed by atoms with Crippen LogP contribution in [0.2, 0.25) is 0 Å². The Bertz CT molecular complexity index is 3850. The molecule has 10 rings (SSSR count). The van der Waals surface area contributed by atoms with Crippen molar-refractivity contribution < 1.29 is 26.4 Å². The summed E-state index contributed by atoms with van der Waals surface area (Å²) in [4.78, 5) is 30.4. The zero-order valence-corrected chi connectivity index (χ0v) is 49.1. The molecule has 15 N–H and O–H groups in total. The number of nitrogens with two attached hydrogens (primary N) is 5. The highest BCUT2D eigenvalue weighted by Crippen LogP contribution is 2.33. The number of amides is 2. The number of anilines is 2. The molecule has 85 heavy (non-hydrogen) atoms. The number of rotatable bonds is 23. The molecular weight excluding hydrogens is 1110 g/mol. The number of hydrogen-bond donors (Lipinski definition) is 10. The van der Waals surface area contributed by atoms with E-state index in [1.807, 2.05) is 86.6 Å². The average molecular weight is 1190 g/mol. The van der Waals surface area contributed by atoms with Crippen LogP contribution in [0, 0.1) is 32.3 Å². The predicted octanol–water partition coefficient (Wildman–Crippen LogP) is 6.84. The highest BCUT2D eigenvalue weighted by Gasteiger charge is 2.26. The standard InChI is InChI=1S/C29H28N6O3S.C29H32N6O3S.C4H13N3/c1-19-15-27(35(34-19)25-8-4-6-23(17-25)31-2)29(36)33-24-7-3-5-22(16-24)28(32-18-20-9-10-20)21-11-13-26(14-12-21)39(30,37)38;1-19-14-27(35(34-19)25-7-2-4-21(15-25)17-30)29(36)33-24-6-3-5-23(16-24)28(32-18-20-8-9-20)22-10-12-26(13-11-22)39(31,37)38;5-1-3-7-4-2-6/h3-8,11-17,20,28,32H,9-10,18H2,1H3,(H,33,36)(H2,30,37,38);2-7,10-16,20,28,32H,8-9,17-18,30H2,1H3,(H,33,36)(H2,31,37,38);7H,1-6H2. The van der Waals surface area contributed by atoms with Crippen molar-refractivity contribution in [3.63, 3.8) is 0 Å². The van der Waals surface area contributed by atoms with Gasteiger partial charge in [-0.3, -0.25) is 9.59 Å². The second-order valence-electron chi connectivity index (χ2n) is 21.0. The third kappa shape index (κ3) is 17.9. The first kappa shape index (κ1) is 62.8. The van der Waals surface area contributed by atoms with E-state index in [4.69, 9.17) is 34.1 Å². The van der Waals surface area contributed by atoms with E-state index >= 15 is 0 Å². The Balaban J connectivity index is 0.000000199. The van der Waals surface area contributed by atoms with Crippen LogP contribution in [0.25, 0.3) is 16.2 Å². The SMILES string of the molecule is Cc1cc(C(=O)Nc2cccc(C(NCC3CC3)c3ccc(S(N)(=O)=O)cc3)c2)n(-c2cccc(CN)c2)n1.NCCNCCN.[C-]#[N+]c1cccc(-n2nc(C)cc2C(=O)Nc2cccc(C(NCC3CC3)c3ccc(S(N)(=O)=O)cc3)c2)c1. The lowest BCUT2D eigenvalue weighted by Gasteiger charge is -2.21. The van der Waals surface area contributed by atoms with E-state index in [0.717, 1.165) is 65.4 Å². The van der Waals surface area contributed by atoms with E-state index in [-0.39, 0.29) is 33.7 Å². The molecule has 0 radical (unpaired) electrons. The number of nitrogens with zero attached hydrogens (tertiary/aromatic N) is 5. The van der Waals surface area contributed by atoms with Crippen LogP contribution in [0.1, 0.15) is 97.9 Å². The Labute approximate surface area is 496 Å². The number of hydrogen-bond acceptors (Lipinski definition) is 14. The van der Waals surface area contributed by atoms with Crippen molar-refractivity contribution in [2.75, 3.05) is 49.9 Å². The molecule has 2 heterocycles. The number of primary sulfonamides is 2. The summed E-state index contributed by atoms with van der Waals surface area (Å²) in [5, 5.41) is 35.8. The van der Waals surface area contributed by atoms with E-state index in [2.05, 4.69) is 41.6 Å². The van der Waals surface area contributed by atoms with Gasteiger partial charge >= 0.3 is 0 Å². The Kier molecular flexibility index (Phi) is 21.4. The third-order valence-electron chi connectivity index (χ3n) is 14.0. The molecule has 0 bridgehead atoms. The quantitative estimate of drug-likeness (QED) is 0.0232. The van der Waals surface area contributed by atoms with Crippen molar-refractivity contribution in [1.82, 2.24) is 35.5 Å². The van der Waals surface area contributed by atoms with Crippen molar-refractivity contribution in [2.24, 2.45) is 39.3 Å². The number of aromatic nitrogens is 4. The Morgan fingerprint density at radius 3 is 1.39 bits per heavy atom. The normalized spacial score (nSPS) is 13.7. The van der Waals surface area contributed by atoms with Crippen molar-refractivity contribution in [3.8, 4) is 11.4 Å². The molecule has 444 valence electrons. The summed E-state index contributed by atoms with van der Waals surface area (Å²) >= 11 is 0. The van der Waals surface area contributed by atoms with E-state index in [9.17, 15) is 26.4 Å². The minimum Gasteiger partial charge on any atom is -0.329 e. The van der Waals surface area contributed by atoms with E-state index < -0.39 is 20.0 Å². The lowest BCUT2D eigenvalue weighted by atomic mass is 9.98. The van der Waals surface area contributed by atoms with Gasteiger partial charge in [0, 0.05) is 44.1 Å². The van der Waals surface area contributed by atoms with Gasteiger partial charge in [0.15, 0.2) is 5.69 Å². The minimum absolute atomic E-state index is 0.0575. The van der Waals surface area contributed by atoms with Crippen LogP contribution in [-0.2, 0) is 26.6 Å². The summed E-state index contributed by atoms with van der Waals surface area (Å²) in [6.07, 6.45) is 4.76. The topological polar surface area (TPSA) is 333 Å². The number of sulfonamides is 2. The fourth-order valence-corrected chi connectivity index (χ4v) is 10.3. The number of carbonyl (C=O) groups excluding carboxylic acids is 2. The molecule has 23 heteroatoms. The van der Waals surface area contributed by atoms with Crippen LogP contribution in [0.15, 0.2) is 168 Å². The zero-order valence-electron chi connectivity index (χ0n) is 47.5. The number of nitrogens with one attached hydrogen (secondary N) is 5. The molecule has 2 aromatic heterocycles. The summed E-state index contributed by atoms with van der Waals surface area (Å²) in [6, 6.07) is 46.0. The summed E-state index contributed by atoms with van der Waals surface area (Å²) in [7, 11) is -7.57. The van der Waals surface area contributed by atoms with Gasteiger partial charge in [-0.25, -0.2) is 41.3 Å². The first-order valence-electron chi connectivity index (χ1n) is 27.9. The molecule has 8 aromatic rings. The maximum Gasteiger partial charge on any atom is 0.274 e. The predicted molar refractivity (Wildman–Crippen MR) is 331 cm³/mol. The van der Waals surface area contributed by atoms with Crippen LogP contribution in [0.4, 0.5) is 17.1 Å². The maximum absolute atomic E-state index is 13.4. The first-order chi connectivity index (χ1) is 40.8. The molecule has 2 aliphatic rings. The smallest absolute Gasteiger partial charge is 0.274 e. The molecule has 2 fully saturated rings. The second-order valence-corrected chi connectivity index (χ2v) is 24.1. The maximum atomic E-state index is 13.4. The summed E-state index contributed by atoms with van der Waals surface area (Å²) in [6.45, 7) is 16.1. The summed E-state index contributed by atoms with van der Waals surface area (Å²) < 4.78 is 50.1. The van der Waals surface area contributed by atoms with Gasteiger partial charge < -0.3 is 43.8 Å². The van der Waals surface area contributed by atoms with Gasteiger partial charge in [0.25, 0.3) is 11.8 Å². The molecule has 6 aromatic carbocycles. The van der Waals surface area contributed by atoms with Gasteiger partial charge in [-0.05, 0) is 177 Å². The van der Waals surface area contributed by atoms with E-state index in [0.29, 0.717) is 71.3 Å². The van der Waals surface area contributed by atoms with Crippen LogP contribution >= 0.6 is 0 Å². The molecular formula is C62H73N15O6S2. The van der Waals surface area contributed by atoms with Crippen molar-refractivity contribution in [2.45, 2.75) is 68.0 Å². The Hall–Kier alpha value is -8.25. The van der Waals surface area contributed by atoms with Crippen molar-refractivity contribution >= 4 is 48.9 Å². The van der Waals surface area contributed by atoms with Crippen molar-refractivity contribution in [1.29, 1.82) is 0 Å². The minimum atomic E-state index is -3.79. The molecule has 0 saturated heterocycles. The monoisotopic (exact) mass is 1190 g/mol. The highest BCUT2D eigenvalue weighted by molar-refractivity contribution is 7.89. The molecule has 0 spiro atoms. The van der Waals surface area contributed by atoms with E-state index in [1.165, 1.54) is 54.6 Å². The van der Waals surface area contributed by atoms with Crippen LogP contribution in [-0.4, -0.2) is 87.5 Å². The number of benzene rings is 6. The van der Waals surface area contributed by atoms with Crippen LogP contribution < -0.4 is 54.1 Å². The van der Waals surface area contributed by atoms with Gasteiger partial charge in [-0.15, -0.1) is 0 Å². The van der Waals surface area contributed by atoms with Gasteiger partial charge in [0.05, 0.1) is 51.2 Å². The lowest BCUT2D eigenvalue weighted by Crippen LogP contribution is -2.27. The molecule has 2 aliphatic carbocycles. The van der Waals surface area contributed by atoms with Gasteiger partial charge in [0.2, 0.25) is 20.0 Å². The fourth-order valence-electron chi connectivity index (χ4n) is 9.31. The first-order valence-corrected chi connectivity index (χ1v) is 31.0. The number of aryl methyl sites for hydroxylation is 2. The third-order valence-corrected chi connectivity index (χ3v) is 15.9. The molecule has 0 aliphatic heterocycles. The average Bonchev–Trinajstić information content (AvgIpc) is 4.63. The van der Waals surface area contributed by atoms with Gasteiger partial charge in [-0.2, -0.15) is 10.2 Å². The molecule has 2 amide bonds. The Morgan fingerprint density at radius 2 is 0.988 bits per heavy atom.